The molecule has 0 bridgehead atoms. The average molecular weight is 354 g/mol. The molecule has 1 aliphatic carbocycles. The van der Waals surface area contributed by atoms with Gasteiger partial charge in [0.2, 0.25) is 11.8 Å². The molecule has 1 aliphatic heterocycles. The highest BCUT2D eigenvalue weighted by molar-refractivity contribution is 6.42. The van der Waals surface area contributed by atoms with E-state index < -0.39 is 11.3 Å². The summed E-state index contributed by atoms with van der Waals surface area (Å²) in [5, 5.41) is 3.18. The molecule has 2 amide bonds. The summed E-state index contributed by atoms with van der Waals surface area (Å²) >= 11 is 12.1. The summed E-state index contributed by atoms with van der Waals surface area (Å²) in [6, 6.07) is 5.10. The molecule has 23 heavy (non-hydrogen) atoms. The number of halogens is 2. The molecular weight excluding hydrogens is 337 g/mol. The molecule has 2 unspecified atom stereocenters. The van der Waals surface area contributed by atoms with E-state index >= 15 is 0 Å². The maximum Gasteiger partial charge on any atom is 0.230 e. The molecule has 122 valence electrons. The summed E-state index contributed by atoms with van der Waals surface area (Å²) in [7, 11) is 0. The van der Waals surface area contributed by atoms with Gasteiger partial charge in [0.25, 0.3) is 0 Å². The first-order chi connectivity index (χ1) is 11.0. The first-order valence-electron chi connectivity index (χ1n) is 7.69. The van der Waals surface area contributed by atoms with E-state index in [1.165, 1.54) is 0 Å². The third kappa shape index (κ3) is 3.15. The second kappa shape index (κ2) is 6.25. The highest BCUT2D eigenvalue weighted by atomic mass is 35.5. The predicted octanol–water partition coefficient (Wildman–Crippen LogP) is 3.28. The lowest BCUT2D eigenvalue weighted by Crippen LogP contribution is -2.54. The molecule has 1 N–H and O–H groups in total. The number of nitrogens with one attached hydrogen (secondary N) is 1. The Morgan fingerprint density at radius 3 is 2.57 bits per heavy atom. The van der Waals surface area contributed by atoms with Crippen molar-refractivity contribution in [1.29, 1.82) is 0 Å². The summed E-state index contributed by atoms with van der Waals surface area (Å²) in [6.07, 6.45) is 3.88. The van der Waals surface area contributed by atoms with Crippen molar-refractivity contribution in [1.82, 2.24) is 5.32 Å². The van der Waals surface area contributed by atoms with Gasteiger partial charge in [-0.1, -0.05) is 42.1 Å². The molecule has 6 heteroatoms. The van der Waals surface area contributed by atoms with Gasteiger partial charge in [-0.05, 0) is 30.0 Å². The van der Waals surface area contributed by atoms with Crippen molar-refractivity contribution in [2.75, 3.05) is 0 Å². The maximum absolute atomic E-state index is 12.5. The third-order valence-electron chi connectivity index (χ3n) is 4.93. The summed E-state index contributed by atoms with van der Waals surface area (Å²) in [4.78, 5) is 35.9. The van der Waals surface area contributed by atoms with Gasteiger partial charge >= 0.3 is 0 Å². The van der Waals surface area contributed by atoms with Gasteiger partial charge in [0, 0.05) is 24.2 Å². The van der Waals surface area contributed by atoms with E-state index in [0.717, 1.165) is 24.7 Å². The molecule has 2 atom stereocenters. The zero-order valence-corrected chi connectivity index (χ0v) is 14.0. The molecule has 0 aromatic heterocycles. The molecule has 1 heterocycles. The fourth-order valence-corrected chi connectivity index (χ4v) is 3.84. The van der Waals surface area contributed by atoms with Crippen molar-refractivity contribution in [3.8, 4) is 0 Å². The van der Waals surface area contributed by atoms with Crippen molar-refractivity contribution < 1.29 is 14.4 Å². The van der Waals surface area contributed by atoms with Crippen LogP contribution in [-0.4, -0.2) is 18.1 Å². The van der Waals surface area contributed by atoms with Gasteiger partial charge in [0.1, 0.15) is 6.29 Å². The monoisotopic (exact) mass is 353 g/mol. The van der Waals surface area contributed by atoms with Crippen LogP contribution >= 0.6 is 23.2 Å². The second-order valence-electron chi connectivity index (χ2n) is 6.48. The van der Waals surface area contributed by atoms with Crippen LogP contribution in [-0.2, 0) is 19.8 Å². The van der Waals surface area contributed by atoms with Crippen molar-refractivity contribution in [3.05, 3.63) is 33.8 Å². The zero-order valence-electron chi connectivity index (χ0n) is 12.5. The number of hydrogen-bond donors (Lipinski definition) is 1. The van der Waals surface area contributed by atoms with Gasteiger partial charge in [-0.2, -0.15) is 0 Å². The van der Waals surface area contributed by atoms with Gasteiger partial charge in [0.05, 0.1) is 10.0 Å². The quantitative estimate of drug-likeness (QED) is 0.652. The van der Waals surface area contributed by atoms with Gasteiger partial charge in [-0.15, -0.1) is 0 Å². The first kappa shape index (κ1) is 16.5. The molecule has 1 aromatic carbocycles. The summed E-state index contributed by atoms with van der Waals surface area (Å²) in [6.45, 7) is 0. The van der Waals surface area contributed by atoms with E-state index in [1.807, 2.05) is 0 Å². The third-order valence-corrected chi connectivity index (χ3v) is 5.67. The van der Waals surface area contributed by atoms with Gasteiger partial charge in [-0.25, -0.2) is 0 Å². The fraction of sp³-hybridized carbons (Fsp3) is 0.471. The van der Waals surface area contributed by atoms with Crippen LogP contribution < -0.4 is 5.32 Å². The number of piperidine rings is 1. The van der Waals surface area contributed by atoms with Crippen LogP contribution in [0.3, 0.4) is 0 Å². The zero-order chi connectivity index (χ0) is 16.6. The van der Waals surface area contributed by atoms with E-state index in [9.17, 15) is 14.4 Å². The number of carbonyl (C=O) groups is 3. The average Bonchev–Trinajstić information content (AvgIpc) is 3.30. The molecule has 0 spiro atoms. The lowest BCUT2D eigenvalue weighted by molar-refractivity contribution is -0.141. The van der Waals surface area contributed by atoms with Crippen molar-refractivity contribution in [3.63, 3.8) is 0 Å². The number of hydrogen-bond acceptors (Lipinski definition) is 3. The molecule has 4 nitrogen and oxygen atoms in total. The molecule has 3 rings (SSSR count). The summed E-state index contributed by atoms with van der Waals surface area (Å²) in [5.74, 6) is -0.557. The smallest absolute Gasteiger partial charge is 0.230 e. The van der Waals surface area contributed by atoms with Crippen molar-refractivity contribution >= 4 is 41.3 Å². The molecule has 1 saturated carbocycles. The minimum absolute atomic E-state index is 0.104. The Morgan fingerprint density at radius 2 is 1.96 bits per heavy atom. The fourth-order valence-electron chi connectivity index (χ4n) is 3.54. The SMILES string of the molecule is O=CCC1(c2ccc(Cl)c(Cl)c2)CC(=O)NC(=O)C1CC1CC1. The normalized spacial score (nSPS) is 27.7. The van der Waals surface area contributed by atoms with E-state index in [-0.39, 0.29) is 24.7 Å². The number of rotatable bonds is 5. The number of imide groups is 1. The second-order valence-corrected chi connectivity index (χ2v) is 7.29. The Hall–Kier alpha value is -1.39. The predicted molar refractivity (Wildman–Crippen MR) is 87.4 cm³/mol. The number of benzene rings is 1. The molecule has 0 radical (unpaired) electrons. The van der Waals surface area contributed by atoms with Crippen molar-refractivity contribution in [2.24, 2.45) is 11.8 Å². The Balaban J connectivity index is 2.09. The van der Waals surface area contributed by atoms with Crippen LogP contribution in [0, 0.1) is 11.8 Å². The molecular formula is C17H17Cl2NO3. The molecule has 2 fully saturated rings. The number of carbonyl (C=O) groups excluding carboxylic acids is 3. The maximum atomic E-state index is 12.5. The van der Waals surface area contributed by atoms with E-state index in [1.54, 1.807) is 18.2 Å². The lowest BCUT2D eigenvalue weighted by Gasteiger charge is -2.42. The van der Waals surface area contributed by atoms with Crippen LogP contribution in [0.25, 0.3) is 0 Å². The van der Waals surface area contributed by atoms with Crippen LogP contribution in [0.2, 0.25) is 10.0 Å². The van der Waals surface area contributed by atoms with Crippen LogP contribution in [0.15, 0.2) is 18.2 Å². The largest absolute Gasteiger partial charge is 0.303 e. The minimum atomic E-state index is -0.835. The summed E-state index contributed by atoms with van der Waals surface area (Å²) in [5.41, 5.74) is -0.106. The minimum Gasteiger partial charge on any atom is -0.303 e. The van der Waals surface area contributed by atoms with E-state index in [2.05, 4.69) is 5.32 Å². The molecule has 2 aliphatic rings. The highest BCUT2D eigenvalue weighted by Crippen LogP contribution is 2.48. The van der Waals surface area contributed by atoms with Gasteiger partial charge in [-0.3, -0.25) is 14.9 Å². The number of aldehydes is 1. The van der Waals surface area contributed by atoms with E-state index in [0.29, 0.717) is 22.4 Å². The topological polar surface area (TPSA) is 63.2 Å². The highest BCUT2D eigenvalue weighted by Gasteiger charge is 2.50. The summed E-state index contributed by atoms with van der Waals surface area (Å²) < 4.78 is 0. The Bertz CT molecular complexity index is 672. The van der Waals surface area contributed by atoms with Gasteiger partial charge in [0.15, 0.2) is 0 Å². The first-order valence-corrected chi connectivity index (χ1v) is 8.45. The Kier molecular flexibility index (Phi) is 4.47. The Labute approximate surface area is 144 Å². The standard InChI is InChI=1S/C17H17Cl2NO3/c18-13-4-3-11(8-14(13)19)17(5-6-21)9-15(22)20-16(23)12(17)7-10-1-2-10/h3-4,6,8,10,12H,1-2,5,7,9H2,(H,20,22,23). The Morgan fingerprint density at radius 1 is 1.22 bits per heavy atom. The van der Waals surface area contributed by atoms with Crippen LogP contribution in [0.1, 0.15) is 37.7 Å². The molecule has 1 saturated heterocycles. The van der Waals surface area contributed by atoms with E-state index in [4.69, 9.17) is 23.2 Å². The van der Waals surface area contributed by atoms with Crippen LogP contribution in [0.5, 0.6) is 0 Å². The number of amides is 2. The lowest BCUT2D eigenvalue weighted by atomic mass is 9.62. The molecule has 1 aromatic rings. The van der Waals surface area contributed by atoms with Gasteiger partial charge < -0.3 is 4.79 Å². The van der Waals surface area contributed by atoms with Crippen LogP contribution in [0.4, 0.5) is 0 Å². The van der Waals surface area contributed by atoms with Crippen molar-refractivity contribution in [2.45, 2.75) is 37.5 Å².